The number of alkyl carbamates (subject to hydrolysis) is 1. The third kappa shape index (κ3) is 6.15. The van der Waals surface area contributed by atoms with Gasteiger partial charge in [0.25, 0.3) is 0 Å². The molecule has 0 bridgehead atoms. The number of rotatable bonds is 3. The monoisotopic (exact) mass is 282 g/mol. The van der Waals surface area contributed by atoms with Crippen LogP contribution in [-0.4, -0.2) is 18.2 Å². The number of nitrogens with one attached hydrogen (secondary N) is 1. The molecule has 1 rings (SSSR count). The van der Waals surface area contributed by atoms with Crippen LogP contribution in [0.2, 0.25) is 5.02 Å². The summed E-state index contributed by atoms with van der Waals surface area (Å²) < 4.78 is 5.10. The molecule has 0 aliphatic rings. The van der Waals surface area contributed by atoms with E-state index in [2.05, 4.69) is 5.32 Å². The second kappa shape index (κ2) is 6.48. The van der Waals surface area contributed by atoms with Crippen molar-refractivity contribution in [2.75, 3.05) is 12.3 Å². The lowest BCUT2D eigenvalue weighted by Gasteiger charge is -2.19. The van der Waals surface area contributed by atoms with Gasteiger partial charge in [0, 0.05) is 17.3 Å². The number of hydrogen-bond donors (Lipinski definition) is 2. The number of halogens is 1. The van der Waals surface area contributed by atoms with E-state index < -0.39 is 11.7 Å². The first-order valence-electron chi connectivity index (χ1n) is 5.96. The summed E-state index contributed by atoms with van der Waals surface area (Å²) in [6, 6.07) is 5.27. The van der Waals surface area contributed by atoms with E-state index in [-0.39, 0.29) is 0 Å². The zero-order valence-corrected chi connectivity index (χ0v) is 12.1. The summed E-state index contributed by atoms with van der Waals surface area (Å²) in [5.74, 6) is 0. The van der Waals surface area contributed by atoms with Crippen molar-refractivity contribution < 1.29 is 9.53 Å². The van der Waals surface area contributed by atoms with Gasteiger partial charge in [-0.2, -0.15) is 0 Å². The minimum atomic E-state index is -0.492. The molecule has 19 heavy (non-hydrogen) atoms. The normalized spacial score (nSPS) is 11.6. The molecule has 0 radical (unpaired) electrons. The van der Waals surface area contributed by atoms with Crippen molar-refractivity contribution in [3.63, 3.8) is 0 Å². The van der Waals surface area contributed by atoms with E-state index in [0.717, 1.165) is 5.56 Å². The molecular weight excluding hydrogens is 264 g/mol. The Morgan fingerprint density at radius 3 is 2.74 bits per heavy atom. The van der Waals surface area contributed by atoms with Gasteiger partial charge in [-0.25, -0.2) is 4.79 Å². The molecule has 1 aromatic rings. The molecule has 0 unspecified atom stereocenters. The first-order valence-corrected chi connectivity index (χ1v) is 6.34. The lowest BCUT2D eigenvalue weighted by Crippen LogP contribution is -2.32. The van der Waals surface area contributed by atoms with Gasteiger partial charge in [0.1, 0.15) is 5.60 Å². The van der Waals surface area contributed by atoms with Gasteiger partial charge in [0.2, 0.25) is 0 Å². The molecule has 1 amide bonds. The highest BCUT2D eigenvalue weighted by molar-refractivity contribution is 6.32. The van der Waals surface area contributed by atoms with Gasteiger partial charge >= 0.3 is 6.09 Å². The van der Waals surface area contributed by atoms with E-state index in [0.29, 0.717) is 17.3 Å². The Labute approximate surface area is 118 Å². The maximum Gasteiger partial charge on any atom is 0.407 e. The van der Waals surface area contributed by atoms with Crippen molar-refractivity contribution in [1.82, 2.24) is 5.32 Å². The molecule has 0 aliphatic heterocycles. The average Bonchev–Trinajstić information content (AvgIpc) is 2.24. The first-order chi connectivity index (χ1) is 8.78. The fraction of sp³-hybridized carbons (Fsp3) is 0.357. The number of hydrogen-bond acceptors (Lipinski definition) is 3. The van der Waals surface area contributed by atoms with Crippen LogP contribution in [0, 0.1) is 0 Å². The van der Waals surface area contributed by atoms with Crippen LogP contribution in [0.15, 0.2) is 24.3 Å². The van der Waals surface area contributed by atoms with E-state index in [1.54, 1.807) is 18.2 Å². The number of benzene rings is 1. The zero-order chi connectivity index (χ0) is 14.5. The summed E-state index contributed by atoms with van der Waals surface area (Å²) in [6.07, 6.45) is 3.17. The Balaban J connectivity index is 2.44. The molecule has 3 N–H and O–H groups in total. The molecule has 0 heterocycles. The third-order valence-electron chi connectivity index (χ3n) is 2.09. The van der Waals surface area contributed by atoms with Crippen LogP contribution in [-0.2, 0) is 4.74 Å². The smallest absolute Gasteiger partial charge is 0.407 e. The van der Waals surface area contributed by atoms with E-state index in [4.69, 9.17) is 22.1 Å². The lowest BCUT2D eigenvalue weighted by atomic mass is 10.2. The lowest BCUT2D eigenvalue weighted by molar-refractivity contribution is 0.0534. The molecule has 0 aromatic heterocycles. The fourth-order valence-corrected chi connectivity index (χ4v) is 1.57. The molecule has 104 valence electrons. The summed E-state index contributed by atoms with van der Waals surface area (Å²) in [7, 11) is 0. The first kappa shape index (κ1) is 15.4. The van der Waals surface area contributed by atoms with E-state index in [1.807, 2.05) is 32.9 Å². The predicted octanol–water partition coefficient (Wildman–Crippen LogP) is 3.46. The van der Waals surface area contributed by atoms with Crippen molar-refractivity contribution in [2.24, 2.45) is 0 Å². The summed E-state index contributed by atoms with van der Waals surface area (Å²) in [4.78, 5) is 11.4. The van der Waals surface area contributed by atoms with Gasteiger partial charge in [-0.3, -0.25) is 0 Å². The van der Waals surface area contributed by atoms with Crippen LogP contribution in [0.5, 0.6) is 0 Å². The standard InChI is InChI=1S/C14H19ClN2O2/c1-14(2,3)19-13(18)17-8-4-5-10-6-7-11(16)9-12(10)15/h4-7,9H,8,16H2,1-3H3,(H,17,18). The number of carbonyl (C=O) groups excluding carboxylic acids is 1. The molecule has 4 nitrogen and oxygen atoms in total. The maximum atomic E-state index is 11.4. The number of amides is 1. The van der Waals surface area contributed by atoms with Gasteiger partial charge in [0.15, 0.2) is 0 Å². The molecule has 0 spiro atoms. The van der Waals surface area contributed by atoms with E-state index in [1.165, 1.54) is 0 Å². The number of nitrogens with two attached hydrogens (primary N) is 1. The Kier molecular flexibility index (Phi) is 5.24. The van der Waals surface area contributed by atoms with Gasteiger partial charge in [-0.15, -0.1) is 0 Å². The maximum absolute atomic E-state index is 11.4. The molecule has 0 aliphatic carbocycles. The molecule has 0 saturated carbocycles. The second-order valence-corrected chi connectivity index (χ2v) is 5.47. The molecule has 0 saturated heterocycles. The quantitative estimate of drug-likeness (QED) is 0.835. The van der Waals surface area contributed by atoms with Crippen LogP contribution in [0.3, 0.4) is 0 Å². The van der Waals surface area contributed by atoms with Crippen LogP contribution >= 0.6 is 11.6 Å². The van der Waals surface area contributed by atoms with Crippen LogP contribution in [0.25, 0.3) is 6.08 Å². The minimum Gasteiger partial charge on any atom is -0.444 e. The zero-order valence-electron chi connectivity index (χ0n) is 11.4. The van der Waals surface area contributed by atoms with Crippen molar-refractivity contribution in [3.8, 4) is 0 Å². The molecule has 0 atom stereocenters. The van der Waals surface area contributed by atoms with Gasteiger partial charge in [-0.1, -0.05) is 29.8 Å². The third-order valence-corrected chi connectivity index (χ3v) is 2.41. The van der Waals surface area contributed by atoms with Gasteiger partial charge in [0.05, 0.1) is 0 Å². The SMILES string of the molecule is CC(C)(C)OC(=O)NCC=Cc1ccc(N)cc1Cl. The summed E-state index contributed by atoms with van der Waals surface area (Å²) >= 11 is 6.01. The summed E-state index contributed by atoms with van der Waals surface area (Å²) in [5.41, 5.74) is 6.58. The highest BCUT2D eigenvalue weighted by Crippen LogP contribution is 2.20. The van der Waals surface area contributed by atoms with Crippen LogP contribution in [0.1, 0.15) is 26.3 Å². The average molecular weight is 283 g/mol. The Morgan fingerprint density at radius 1 is 1.47 bits per heavy atom. The molecule has 1 aromatic carbocycles. The van der Waals surface area contributed by atoms with Crippen molar-refractivity contribution in [3.05, 3.63) is 34.9 Å². The van der Waals surface area contributed by atoms with Gasteiger partial charge in [-0.05, 0) is 38.5 Å². The topological polar surface area (TPSA) is 64.3 Å². The summed E-state index contributed by atoms with van der Waals surface area (Å²) in [5, 5.41) is 3.20. The fourth-order valence-electron chi connectivity index (χ4n) is 1.32. The summed E-state index contributed by atoms with van der Waals surface area (Å²) in [6.45, 7) is 5.82. The Hall–Kier alpha value is -1.68. The van der Waals surface area contributed by atoms with E-state index in [9.17, 15) is 4.79 Å². The van der Waals surface area contributed by atoms with E-state index >= 15 is 0 Å². The number of ether oxygens (including phenoxy) is 1. The Morgan fingerprint density at radius 2 is 2.16 bits per heavy atom. The molecular formula is C14H19ClN2O2. The number of nitrogen functional groups attached to an aromatic ring is 1. The molecule has 0 fully saturated rings. The van der Waals surface area contributed by atoms with Crippen molar-refractivity contribution in [2.45, 2.75) is 26.4 Å². The van der Waals surface area contributed by atoms with Crippen molar-refractivity contribution in [1.29, 1.82) is 0 Å². The Bertz CT molecular complexity index is 479. The largest absolute Gasteiger partial charge is 0.444 e. The van der Waals surface area contributed by atoms with Crippen LogP contribution in [0.4, 0.5) is 10.5 Å². The second-order valence-electron chi connectivity index (χ2n) is 5.07. The number of carbonyl (C=O) groups is 1. The number of anilines is 1. The molecule has 5 heteroatoms. The highest BCUT2D eigenvalue weighted by atomic mass is 35.5. The highest BCUT2D eigenvalue weighted by Gasteiger charge is 2.14. The predicted molar refractivity (Wildman–Crippen MR) is 79.1 cm³/mol. The van der Waals surface area contributed by atoms with Crippen LogP contribution < -0.4 is 11.1 Å². The van der Waals surface area contributed by atoms with Crippen molar-refractivity contribution >= 4 is 29.5 Å². The minimum absolute atomic E-state index is 0.371. The van der Waals surface area contributed by atoms with Gasteiger partial charge < -0.3 is 15.8 Å².